The molecule has 0 unspecified atom stereocenters. The molecule has 1 heterocycles. The second kappa shape index (κ2) is 5.30. The summed E-state index contributed by atoms with van der Waals surface area (Å²) >= 11 is 0.488. The number of sulfone groups is 1. The van der Waals surface area contributed by atoms with Gasteiger partial charge in [-0.2, -0.15) is 21.9 Å². The molecule has 0 spiro atoms. The van der Waals surface area contributed by atoms with Gasteiger partial charge in [0.1, 0.15) is 0 Å². The van der Waals surface area contributed by atoms with Crippen molar-refractivity contribution >= 4 is 21.6 Å². The average Bonchev–Trinajstić information content (AvgIpc) is 2.65. The molecule has 0 atom stereocenters. The van der Waals surface area contributed by atoms with Crippen LogP contribution in [0.4, 0.5) is 13.2 Å². The van der Waals surface area contributed by atoms with Crippen molar-refractivity contribution in [1.82, 2.24) is 8.75 Å². The highest BCUT2D eigenvalue weighted by atomic mass is 32.2. The van der Waals surface area contributed by atoms with Gasteiger partial charge in [-0.3, -0.25) is 0 Å². The Bertz CT molecular complexity index is 467. The van der Waals surface area contributed by atoms with E-state index in [0.717, 1.165) is 12.8 Å². The largest absolute Gasteiger partial charge is 0.503 e. The van der Waals surface area contributed by atoms with Gasteiger partial charge in [-0.25, -0.2) is 8.42 Å². The van der Waals surface area contributed by atoms with Crippen LogP contribution in [-0.2, 0) is 16.3 Å². The van der Waals surface area contributed by atoms with Gasteiger partial charge in [-0.1, -0.05) is 19.8 Å². The number of nitrogens with zero attached hydrogens (tertiary/aromatic N) is 2. The topological polar surface area (TPSA) is 59.9 Å². The zero-order valence-corrected chi connectivity index (χ0v) is 10.6. The van der Waals surface area contributed by atoms with Crippen LogP contribution in [0.15, 0.2) is 5.03 Å². The Balaban J connectivity index is 2.97. The molecule has 0 radical (unpaired) electrons. The van der Waals surface area contributed by atoms with Gasteiger partial charge in [0, 0.05) is 0 Å². The second-order valence-electron chi connectivity index (χ2n) is 3.42. The van der Waals surface area contributed by atoms with E-state index < -0.39 is 20.4 Å². The summed E-state index contributed by atoms with van der Waals surface area (Å²) in [6.45, 7) is 1.94. The third-order valence-electron chi connectivity index (χ3n) is 2.10. The number of unbranched alkanes of at least 4 members (excludes halogenated alkanes) is 2. The third-order valence-corrected chi connectivity index (χ3v) is 4.23. The fourth-order valence-corrected chi connectivity index (χ4v) is 2.93. The first-order chi connectivity index (χ1) is 7.80. The van der Waals surface area contributed by atoms with Crippen molar-refractivity contribution in [3.05, 3.63) is 5.69 Å². The fraction of sp³-hybridized carbons (Fsp3) is 0.750. The number of aryl methyl sites for hydroxylation is 1. The van der Waals surface area contributed by atoms with Crippen molar-refractivity contribution in [3.8, 4) is 0 Å². The smallest absolute Gasteiger partial charge is 0.213 e. The first kappa shape index (κ1) is 14.4. The molecule has 0 aromatic carbocycles. The molecule has 0 N–H and O–H groups in total. The number of alkyl halides is 3. The van der Waals surface area contributed by atoms with E-state index in [-0.39, 0.29) is 12.1 Å². The van der Waals surface area contributed by atoms with Gasteiger partial charge < -0.3 is 0 Å². The Morgan fingerprint density at radius 3 is 2.41 bits per heavy atom. The predicted molar refractivity (Wildman–Crippen MR) is 56.4 cm³/mol. The Morgan fingerprint density at radius 1 is 1.24 bits per heavy atom. The Hall–Kier alpha value is -0.700. The number of hydrogen-bond acceptors (Lipinski definition) is 5. The Morgan fingerprint density at radius 2 is 1.88 bits per heavy atom. The molecular formula is C8H11F3N2O2S2. The highest BCUT2D eigenvalue weighted by Gasteiger charge is 2.49. The summed E-state index contributed by atoms with van der Waals surface area (Å²) in [5, 5.41) is -0.939. The van der Waals surface area contributed by atoms with Crippen LogP contribution in [0.25, 0.3) is 0 Å². The maximum Gasteiger partial charge on any atom is 0.503 e. The zero-order chi connectivity index (χ0) is 13.1. The third kappa shape index (κ3) is 3.15. The first-order valence-corrected chi connectivity index (χ1v) is 7.15. The summed E-state index contributed by atoms with van der Waals surface area (Å²) in [5.41, 5.74) is -5.40. The molecule has 0 saturated carbocycles. The molecule has 9 heteroatoms. The van der Waals surface area contributed by atoms with Crippen molar-refractivity contribution < 1.29 is 21.6 Å². The highest BCUT2D eigenvalue weighted by Crippen LogP contribution is 2.31. The van der Waals surface area contributed by atoms with Crippen LogP contribution >= 0.6 is 11.7 Å². The van der Waals surface area contributed by atoms with E-state index in [1.54, 1.807) is 0 Å². The van der Waals surface area contributed by atoms with Gasteiger partial charge in [0.15, 0.2) is 0 Å². The SMILES string of the molecule is CCCCCc1nsnc1S(=O)(=O)C(F)(F)F. The van der Waals surface area contributed by atoms with Gasteiger partial charge in [0.25, 0.3) is 9.84 Å². The van der Waals surface area contributed by atoms with E-state index >= 15 is 0 Å². The van der Waals surface area contributed by atoms with Gasteiger partial charge in [-0.15, -0.1) is 0 Å². The van der Waals surface area contributed by atoms with Gasteiger partial charge >= 0.3 is 5.51 Å². The molecule has 1 rings (SSSR count). The number of rotatable bonds is 5. The number of halogens is 3. The molecule has 0 fully saturated rings. The molecule has 0 saturated heterocycles. The normalized spacial score (nSPS) is 12.9. The summed E-state index contributed by atoms with van der Waals surface area (Å²) in [6.07, 6.45) is 2.50. The van der Waals surface area contributed by atoms with Crippen LogP contribution in [0.2, 0.25) is 0 Å². The molecule has 0 aliphatic heterocycles. The standard InChI is InChI=1S/C8H11F3N2O2S2/c1-2-3-4-5-6-7(13-16-12-6)17(14,15)8(9,10)11/h2-5H2,1H3. The van der Waals surface area contributed by atoms with E-state index in [4.69, 9.17) is 0 Å². The molecule has 98 valence electrons. The lowest BCUT2D eigenvalue weighted by Gasteiger charge is -2.06. The maximum atomic E-state index is 12.3. The van der Waals surface area contributed by atoms with E-state index in [0.29, 0.717) is 18.1 Å². The fourth-order valence-electron chi connectivity index (χ4n) is 1.21. The van der Waals surface area contributed by atoms with Crippen molar-refractivity contribution in [3.63, 3.8) is 0 Å². The molecule has 0 bridgehead atoms. The summed E-state index contributed by atoms with van der Waals surface area (Å²) in [5.74, 6) is 0. The van der Waals surface area contributed by atoms with E-state index in [9.17, 15) is 21.6 Å². The second-order valence-corrected chi connectivity index (χ2v) is 5.81. The summed E-state index contributed by atoms with van der Waals surface area (Å²) in [7, 11) is -5.36. The van der Waals surface area contributed by atoms with Crippen molar-refractivity contribution in [2.45, 2.75) is 43.1 Å². The molecule has 0 amide bonds. The van der Waals surface area contributed by atoms with Crippen LogP contribution < -0.4 is 0 Å². The molecule has 17 heavy (non-hydrogen) atoms. The molecule has 0 aliphatic carbocycles. The monoisotopic (exact) mass is 288 g/mol. The Kier molecular flexibility index (Phi) is 4.48. The van der Waals surface area contributed by atoms with Crippen LogP contribution in [0.1, 0.15) is 31.9 Å². The summed E-state index contributed by atoms with van der Waals surface area (Å²) in [4.78, 5) is 0. The van der Waals surface area contributed by atoms with E-state index in [1.807, 2.05) is 6.92 Å². The molecule has 0 aliphatic rings. The minimum absolute atomic E-state index is 0.0826. The lowest BCUT2D eigenvalue weighted by molar-refractivity contribution is -0.0438. The number of hydrogen-bond donors (Lipinski definition) is 0. The van der Waals surface area contributed by atoms with Crippen LogP contribution in [0.5, 0.6) is 0 Å². The number of aromatic nitrogens is 2. The molecule has 4 nitrogen and oxygen atoms in total. The van der Waals surface area contributed by atoms with E-state index in [1.165, 1.54) is 0 Å². The van der Waals surface area contributed by atoms with Gasteiger partial charge in [0.2, 0.25) is 5.03 Å². The van der Waals surface area contributed by atoms with Crippen LogP contribution in [0.3, 0.4) is 0 Å². The Labute approximate surface area is 101 Å². The lowest BCUT2D eigenvalue weighted by atomic mass is 10.2. The molecule has 1 aromatic heterocycles. The van der Waals surface area contributed by atoms with Gasteiger partial charge in [0.05, 0.1) is 17.4 Å². The molecular weight excluding hydrogens is 277 g/mol. The van der Waals surface area contributed by atoms with Crippen molar-refractivity contribution in [2.24, 2.45) is 0 Å². The summed E-state index contributed by atoms with van der Waals surface area (Å²) in [6, 6.07) is 0. The van der Waals surface area contributed by atoms with Gasteiger partial charge in [-0.05, 0) is 12.8 Å². The predicted octanol–water partition coefficient (Wildman–Crippen LogP) is 2.56. The van der Waals surface area contributed by atoms with Crippen molar-refractivity contribution in [2.75, 3.05) is 0 Å². The zero-order valence-electron chi connectivity index (χ0n) is 8.99. The quantitative estimate of drug-likeness (QED) is 0.781. The van der Waals surface area contributed by atoms with Crippen LogP contribution in [0, 0.1) is 0 Å². The lowest BCUT2D eigenvalue weighted by Crippen LogP contribution is -2.24. The van der Waals surface area contributed by atoms with Crippen LogP contribution in [-0.4, -0.2) is 22.7 Å². The maximum absolute atomic E-state index is 12.3. The minimum atomic E-state index is -5.36. The average molecular weight is 288 g/mol. The van der Waals surface area contributed by atoms with E-state index in [2.05, 4.69) is 8.75 Å². The highest BCUT2D eigenvalue weighted by molar-refractivity contribution is 7.92. The minimum Gasteiger partial charge on any atom is -0.213 e. The van der Waals surface area contributed by atoms with Crippen molar-refractivity contribution in [1.29, 1.82) is 0 Å². The molecule has 1 aromatic rings. The summed E-state index contributed by atoms with van der Waals surface area (Å²) < 4.78 is 66.1. The first-order valence-electron chi connectivity index (χ1n) is 4.93.